The summed E-state index contributed by atoms with van der Waals surface area (Å²) in [5.41, 5.74) is 0. The molecule has 3 amide bonds. The maximum atomic E-state index is 11.5. The van der Waals surface area contributed by atoms with Crippen LogP contribution in [0.25, 0.3) is 0 Å². The molecule has 104 valence electrons. The fourth-order valence-electron chi connectivity index (χ4n) is 1.22. The Labute approximate surface area is 115 Å². The molecule has 0 aliphatic carbocycles. The summed E-state index contributed by atoms with van der Waals surface area (Å²) < 4.78 is 0. The van der Waals surface area contributed by atoms with E-state index in [0.29, 0.717) is 11.4 Å². The first kappa shape index (κ1) is 15.2. The highest BCUT2D eigenvalue weighted by molar-refractivity contribution is 7.12. The summed E-state index contributed by atoms with van der Waals surface area (Å²) in [4.78, 5) is 34.7. The third-order valence-corrected chi connectivity index (χ3v) is 3.04. The van der Waals surface area contributed by atoms with Crippen LogP contribution in [0.15, 0.2) is 17.5 Å². The van der Waals surface area contributed by atoms with E-state index in [0.717, 1.165) is 6.42 Å². The van der Waals surface area contributed by atoms with Crippen LogP contribution in [0.4, 0.5) is 0 Å². The van der Waals surface area contributed by atoms with Gasteiger partial charge in [0.2, 0.25) is 11.8 Å². The number of hydrogen-bond donors (Lipinski definition) is 3. The zero-order valence-electron chi connectivity index (χ0n) is 10.7. The molecule has 0 spiro atoms. The molecule has 1 heterocycles. The highest BCUT2D eigenvalue weighted by Crippen LogP contribution is 2.07. The Morgan fingerprint density at radius 1 is 1.11 bits per heavy atom. The number of amides is 3. The summed E-state index contributed by atoms with van der Waals surface area (Å²) >= 11 is 1.30. The molecule has 0 unspecified atom stereocenters. The maximum Gasteiger partial charge on any atom is 0.261 e. The van der Waals surface area contributed by atoms with E-state index in [1.165, 1.54) is 11.3 Å². The predicted molar refractivity (Wildman–Crippen MR) is 73.0 cm³/mol. The van der Waals surface area contributed by atoms with E-state index in [1.807, 2.05) is 6.92 Å². The van der Waals surface area contributed by atoms with Crippen molar-refractivity contribution in [1.29, 1.82) is 0 Å². The lowest BCUT2D eigenvalue weighted by molar-refractivity contribution is -0.125. The fourth-order valence-corrected chi connectivity index (χ4v) is 1.86. The number of carbonyl (C=O) groups is 3. The minimum Gasteiger partial charge on any atom is -0.355 e. The molecule has 1 rings (SSSR count). The number of thiophene rings is 1. The normalized spacial score (nSPS) is 9.74. The third-order valence-electron chi connectivity index (χ3n) is 2.17. The van der Waals surface area contributed by atoms with Crippen molar-refractivity contribution in [2.24, 2.45) is 0 Å². The molecule has 0 saturated carbocycles. The van der Waals surface area contributed by atoms with E-state index < -0.39 is 5.91 Å². The highest BCUT2D eigenvalue weighted by Gasteiger charge is 2.09. The molecule has 0 atom stereocenters. The Kier molecular flexibility index (Phi) is 6.59. The van der Waals surface area contributed by atoms with Crippen LogP contribution < -0.4 is 16.0 Å². The van der Waals surface area contributed by atoms with E-state index in [1.54, 1.807) is 17.5 Å². The lowest BCUT2D eigenvalue weighted by atomic mass is 10.4. The van der Waals surface area contributed by atoms with Crippen molar-refractivity contribution in [2.75, 3.05) is 19.6 Å². The zero-order chi connectivity index (χ0) is 14.1. The SMILES string of the molecule is CCCNC(=O)CNC(=O)CNC(=O)c1cccs1. The number of nitrogens with one attached hydrogen (secondary N) is 3. The lowest BCUT2D eigenvalue weighted by Gasteiger charge is -2.06. The average Bonchev–Trinajstić information content (AvgIpc) is 2.94. The van der Waals surface area contributed by atoms with Gasteiger partial charge in [0, 0.05) is 6.54 Å². The first-order valence-corrected chi connectivity index (χ1v) is 6.86. The van der Waals surface area contributed by atoms with Gasteiger partial charge in [0.1, 0.15) is 0 Å². The van der Waals surface area contributed by atoms with Crippen LogP contribution in [0.5, 0.6) is 0 Å². The Morgan fingerprint density at radius 2 is 1.79 bits per heavy atom. The zero-order valence-corrected chi connectivity index (χ0v) is 11.5. The molecule has 1 aromatic heterocycles. The van der Waals surface area contributed by atoms with Gasteiger partial charge in [-0.15, -0.1) is 11.3 Å². The molecule has 0 aliphatic heterocycles. The average molecular weight is 283 g/mol. The van der Waals surface area contributed by atoms with Gasteiger partial charge in [-0.25, -0.2) is 0 Å². The monoisotopic (exact) mass is 283 g/mol. The minimum absolute atomic E-state index is 0.0757. The molecule has 0 fully saturated rings. The summed E-state index contributed by atoms with van der Waals surface area (Å²) in [5.74, 6) is -0.920. The molecule has 19 heavy (non-hydrogen) atoms. The third kappa shape index (κ3) is 6.01. The van der Waals surface area contributed by atoms with Crippen LogP contribution in [-0.4, -0.2) is 37.4 Å². The van der Waals surface area contributed by atoms with Gasteiger partial charge in [-0.05, 0) is 17.9 Å². The molecule has 0 bridgehead atoms. The van der Waals surface area contributed by atoms with Crippen LogP contribution in [0.3, 0.4) is 0 Å². The summed E-state index contributed by atoms with van der Waals surface area (Å²) in [6.45, 7) is 2.31. The number of hydrogen-bond acceptors (Lipinski definition) is 4. The van der Waals surface area contributed by atoms with Gasteiger partial charge < -0.3 is 16.0 Å². The van der Waals surface area contributed by atoms with Gasteiger partial charge >= 0.3 is 0 Å². The van der Waals surface area contributed by atoms with Crippen LogP contribution in [0.1, 0.15) is 23.0 Å². The van der Waals surface area contributed by atoms with Gasteiger partial charge in [-0.2, -0.15) is 0 Å². The second-order valence-corrected chi connectivity index (χ2v) is 4.73. The van der Waals surface area contributed by atoms with Crippen LogP contribution in [0, 0.1) is 0 Å². The van der Waals surface area contributed by atoms with E-state index in [9.17, 15) is 14.4 Å². The number of carbonyl (C=O) groups excluding carboxylic acids is 3. The minimum atomic E-state index is -0.392. The Bertz CT molecular complexity index is 431. The summed E-state index contributed by atoms with van der Waals surface area (Å²) in [6.07, 6.45) is 0.844. The van der Waals surface area contributed by atoms with Crippen molar-refractivity contribution in [2.45, 2.75) is 13.3 Å². The van der Waals surface area contributed by atoms with E-state index in [2.05, 4.69) is 16.0 Å². The van der Waals surface area contributed by atoms with Gasteiger partial charge in [-0.3, -0.25) is 14.4 Å². The molecule has 0 radical (unpaired) electrons. The fraction of sp³-hybridized carbons (Fsp3) is 0.417. The standard InChI is InChI=1S/C12H17N3O3S/c1-2-5-13-10(16)7-14-11(17)8-15-12(18)9-4-3-6-19-9/h3-4,6H,2,5,7-8H2,1H3,(H,13,16)(H,14,17)(H,15,18). The molecule has 3 N–H and O–H groups in total. The van der Waals surface area contributed by atoms with Crippen LogP contribution >= 0.6 is 11.3 Å². The second-order valence-electron chi connectivity index (χ2n) is 3.79. The molecular weight excluding hydrogens is 266 g/mol. The molecular formula is C12H17N3O3S. The maximum absolute atomic E-state index is 11.5. The van der Waals surface area contributed by atoms with E-state index >= 15 is 0 Å². The smallest absolute Gasteiger partial charge is 0.261 e. The molecule has 0 aromatic carbocycles. The molecule has 7 heteroatoms. The lowest BCUT2D eigenvalue weighted by Crippen LogP contribution is -2.42. The topological polar surface area (TPSA) is 87.3 Å². The van der Waals surface area contributed by atoms with Gasteiger partial charge in [0.15, 0.2) is 0 Å². The first-order valence-electron chi connectivity index (χ1n) is 5.98. The first-order chi connectivity index (χ1) is 9.13. The van der Waals surface area contributed by atoms with Gasteiger partial charge in [0.05, 0.1) is 18.0 Å². The molecule has 6 nitrogen and oxygen atoms in total. The van der Waals surface area contributed by atoms with Crippen molar-refractivity contribution in [3.8, 4) is 0 Å². The summed E-state index contributed by atoms with van der Waals surface area (Å²) in [5, 5.41) is 9.33. The van der Waals surface area contributed by atoms with E-state index in [-0.39, 0.29) is 24.9 Å². The summed E-state index contributed by atoms with van der Waals surface area (Å²) in [7, 11) is 0. The van der Waals surface area contributed by atoms with Crippen molar-refractivity contribution < 1.29 is 14.4 Å². The Hall–Kier alpha value is -1.89. The molecule has 0 saturated heterocycles. The highest BCUT2D eigenvalue weighted by atomic mass is 32.1. The van der Waals surface area contributed by atoms with Crippen molar-refractivity contribution in [3.63, 3.8) is 0 Å². The Balaban J connectivity index is 2.18. The van der Waals surface area contributed by atoms with Crippen LogP contribution in [-0.2, 0) is 9.59 Å². The van der Waals surface area contributed by atoms with Crippen molar-refractivity contribution in [1.82, 2.24) is 16.0 Å². The molecule has 0 aliphatic rings. The van der Waals surface area contributed by atoms with Gasteiger partial charge in [0.25, 0.3) is 5.91 Å². The van der Waals surface area contributed by atoms with Gasteiger partial charge in [-0.1, -0.05) is 13.0 Å². The second kappa shape index (κ2) is 8.25. The van der Waals surface area contributed by atoms with Crippen molar-refractivity contribution in [3.05, 3.63) is 22.4 Å². The van der Waals surface area contributed by atoms with E-state index in [4.69, 9.17) is 0 Å². The van der Waals surface area contributed by atoms with Crippen molar-refractivity contribution >= 4 is 29.1 Å². The van der Waals surface area contributed by atoms with Crippen LogP contribution in [0.2, 0.25) is 0 Å². The predicted octanol–water partition coefficient (Wildman–Crippen LogP) is 0.120. The largest absolute Gasteiger partial charge is 0.355 e. The Morgan fingerprint density at radius 3 is 2.42 bits per heavy atom. The quantitative estimate of drug-likeness (QED) is 0.664. The molecule has 1 aromatic rings. The summed E-state index contributed by atoms with van der Waals surface area (Å²) in [6, 6.07) is 3.44. The number of rotatable bonds is 7.